The maximum atomic E-state index is 5.97. The van der Waals surface area contributed by atoms with Crippen molar-refractivity contribution in [2.24, 2.45) is 0 Å². The molecule has 0 radical (unpaired) electrons. The molecule has 0 amide bonds. The summed E-state index contributed by atoms with van der Waals surface area (Å²) < 4.78 is 11.5. The zero-order chi connectivity index (χ0) is 18.5. The average Bonchev–Trinajstić information content (AvgIpc) is 2.73. The van der Waals surface area contributed by atoms with Crippen molar-refractivity contribution >= 4 is 0 Å². The number of methoxy groups -OCH3 is 1. The lowest BCUT2D eigenvalue weighted by Gasteiger charge is -2.28. The Morgan fingerprint density at radius 2 is 1.59 bits per heavy atom. The second-order valence-electron chi connectivity index (χ2n) is 6.99. The van der Waals surface area contributed by atoms with Crippen molar-refractivity contribution in [2.45, 2.75) is 26.1 Å². The van der Waals surface area contributed by atoms with Crippen molar-refractivity contribution in [1.82, 2.24) is 4.90 Å². The van der Waals surface area contributed by atoms with Gasteiger partial charge >= 0.3 is 0 Å². The van der Waals surface area contributed by atoms with E-state index in [0.29, 0.717) is 6.61 Å². The first kappa shape index (κ1) is 17.6. The van der Waals surface area contributed by atoms with Gasteiger partial charge in [0.1, 0.15) is 6.61 Å². The maximum Gasteiger partial charge on any atom is 0.161 e. The average molecular weight is 359 g/mol. The van der Waals surface area contributed by atoms with Crippen LogP contribution in [0.5, 0.6) is 11.5 Å². The normalized spacial score (nSPS) is 13.8. The van der Waals surface area contributed by atoms with E-state index in [9.17, 15) is 0 Å². The summed E-state index contributed by atoms with van der Waals surface area (Å²) in [5.41, 5.74) is 5.32. The van der Waals surface area contributed by atoms with Crippen LogP contribution in [0, 0.1) is 0 Å². The van der Waals surface area contributed by atoms with Crippen molar-refractivity contribution in [1.29, 1.82) is 0 Å². The van der Waals surface area contributed by atoms with Gasteiger partial charge in [-0.1, -0.05) is 60.7 Å². The van der Waals surface area contributed by atoms with Crippen LogP contribution in [-0.2, 0) is 26.1 Å². The van der Waals surface area contributed by atoms with Crippen LogP contribution in [0.2, 0.25) is 0 Å². The molecule has 0 fully saturated rings. The fourth-order valence-electron chi connectivity index (χ4n) is 3.61. The number of fused-ring (bicyclic) bond motifs is 1. The summed E-state index contributed by atoms with van der Waals surface area (Å²) in [5, 5.41) is 0. The standard InChI is InChI=1S/C24H25NO2/c1-26-24-15-20(11-12-23(24)27-18-19-7-3-2-4-8-19)16-25-14-13-21-9-5-6-10-22(21)17-25/h2-12,15H,13-14,16-18H2,1H3. The van der Waals surface area contributed by atoms with Crippen LogP contribution >= 0.6 is 0 Å². The summed E-state index contributed by atoms with van der Waals surface area (Å²) in [7, 11) is 1.70. The molecular formula is C24H25NO2. The molecule has 1 aliphatic heterocycles. The SMILES string of the molecule is COc1cc(CN2CCc3ccccc3C2)ccc1OCc1ccccc1. The fourth-order valence-corrected chi connectivity index (χ4v) is 3.61. The Morgan fingerprint density at radius 3 is 2.41 bits per heavy atom. The maximum absolute atomic E-state index is 5.97. The molecule has 0 N–H and O–H groups in total. The van der Waals surface area contributed by atoms with Gasteiger partial charge < -0.3 is 9.47 Å². The van der Waals surface area contributed by atoms with E-state index in [-0.39, 0.29) is 0 Å². The molecule has 3 aromatic rings. The highest BCUT2D eigenvalue weighted by Crippen LogP contribution is 2.30. The molecule has 3 nitrogen and oxygen atoms in total. The van der Waals surface area contributed by atoms with E-state index in [1.54, 1.807) is 7.11 Å². The van der Waals surface area contributed by atoms with Crippen LogP contribution in [-0.4, -0.2) is 18.6 Å². The molecule has 27 heavy (non-hydrogen) atoms. The van der Waals surface area contributed by atoms with Gasteiger partial charge in [-0.15, -0.1) is 0 Å². The van der Waals surface area contributed by atoms with Crippen LogP contribution in [0.25, 0.3) is 0 Å². The first-order valence-electron chi connectivity index (χ1n) is 9.44. The quantitative estimate of drug-likeness (QED) is 0.629. The Bertz CT molecular complexity index is 892. The summed E-state index contributed by atoms with van der Waals surface area (Å²) in [6.45, 7) is 3.56. The van der Waals surface area contributed by atoms with Gasteiger partial charge in [-0.2, -0.15) is 0 Å². The molecule has 3 aromatic carbocycles. The van der Waals surface area contributed by atoms with Gasteiger partial charge in [-0.3, -0.25) is 4.90 Å². The van der Waals surface area contributed by atoms with Crippen LogP contribution in [0.1, 0.15) is 22.3 Å². The molecule has 0 saturated heterocycles. The number of hydrogen-bond acceptors (Lipinski definition) is 3. The second kappa shape index (κ2) is 8.28. The monoisotopic (exact) mass is 359 g/mol. The molecule has 0 unspecified atom stereocenters. The van der Waals surface area contributed by atoms with Crippen molar-refractivity contribution < 1.29 is 9.47 Å². The molecule has 0 saturated carbocycles. The number of benzene rings is 3. The Labute approximate surface area is 161 Å². The molecule has 0 bridgehead atoms. The van der Waals surface area contributed by atoms with Crippen LogP contribution in [0.3, 0.4) is 0 Å². The summed E-state index contributed by atoms with van der Waals surface area (Å²) in [4.78, 5) is 2.49. The smallest absolute Gasteiger partial charge is 0.161 e. The van der Waals surface area contributed by atoms with Crippen molar-refractivity contribution in [3.05, 3.63) is 95.1 Å². The highest BCUT2D eigenvalue weighted by Gasteiger charge is 2.16. The van der Waals surface area contributed by atoms with E-state index in [4.69, 9.17) is 9.47 Å². The van der Waals surface area contributed by atoms with Gasteiger partial charge in [0.2, 0.25) is 0 Å². The third kappa shape index (κ3) is 4.32. The number of ether oxygens (including phenoxy) is 2. The lowest BCUT2D eigenvalue weighted by molar-refractivity contribution is 0.244. The van der Waals surface area contributed by atoms with Crippen molar-refractivity contribution in [3.8, 4) is 11.5 Å². The van der Waals surface area contributed by atoms with Crippen molar-refractivity contribution in [2.75, 3.05) is 13.7 Å². The number of hydrogen-bond donors (Lipinski definition) is 0. The summed E-state index contributed by atoms with van der Waals surface area (Å²) >= 11 is 0. The number of rotatable bonds is 6. The van der Waals surface area contributed by atoms with Crippen molar-refractivity contribution in [3.63, 3.8) is 0 Å². The Balaban J connectivity index is 1.42. The van der Waals surface area contributed by atoms with Crippen LogP contribution < -0.4 is 9.47 Å². The summed E-state index contributed by atoms with van der Waals surface area (Å²) in [6, 6.07) is 25.2. The Morgan fingerprint density at radius 1 is 0.815 bits per heavy atom. The first-order valence-corrected chi connectivity index (χ1v) is 9.44. The van der Waals surface area contributed by atoms with Gasteiger partial charge in [0, 0.05) is 19.6 Å². The van der Waals surface area contributed by atoms with E-state index in [1.165, 1.54) is 16.7 Å². The molecule has 0 aromatic heterocycles. The van der Waals surface area contributed by atoms with Crippen LogP contribution in [0.4, 0.5) is 0 Å². The molecule has 0 aliphatic carbocycles. The molecule has 0 spiro atoms. The zero-order valence-electron chi connectivity index (χ0n) is 15.7. The lowest BCUT2D eigenvalue weighted by Crippen LogP contribution is -2.29. The highest BCUT2D eigenvalue weighted by molar-refractivity contribution is 5.43. The minimum Gasteiger partial charge on any atom is -0.493 e. The van der Waals surface area contributed by atoms with E-state index < -0.39 is 0 Å². The van der Waals surface area contributed by atoms with Gasteiger partial charge in [-0.25, -0.2) is 0 Å². The predicted octanol–water partition coefficient (Wildman–Crippen LogP) is 4.83. The molecule has 138 valence electrons. The van der Waals surface area contributed by atoms with Gasteiger partial charge in [0.15, 0.2) is 11.5 Å². The molecule has 1 aliphatic rings. The fraction of sp³-hybridized carbons (Fsp3) is 0.250. The molecular weight excluding hydrogens is 334 g/mol. The van der Waals surface area contributed by atoms with Gasteiger partial charge in [-0.05, 0) is 40.8 Å². The Kier molecular flexibility index (Phi) is 5.40. The third-order valence-corrected chi connectivity index (χ3v) is 5.08. The van der Waals surface area contributed by atoms with Gasteiger partial charge in [0.05, 0.1) is 7.11 Å². The highest BCUT2D eigenvalue weighted by atomic mass is 16.5. The topological polar surface area (TPSA) is 21.7 Å². The zero-order valence-corrected chi connectivity index (χ0v) is 15.7. The van der Waals surface area contributed by atoms with E-state index in [1.807, 2.05) is 24.3 Å². The van der Waals surface area contributed by atoms with Crippen LogP contribution in [0.15, 0.2) is 72.8 Å². The second-order valence-corrected chi connectivity index (χ2v) is 6.99. The minimum atomic E-state index is 0.541. The minimum absolute atomic E-state index is 0.541. The summed E-state index contributed by atoms with van der Waals surface area (Å²) in [6.07, 6.45) is 1.12. The Hall–Kier alpha value is -2.78. The number of nitrogens with zero attached hydrogens (tertiary/aromatic N) is 1. The molecule has 4 rings (SSSR count). The van der Waals surface area contributed by atoms with Gasteiger partial charge in [0.25, 0.3) is 0 Å². The molecule has 3 heteroatoms. The van der Waals surface area contributed by atoms with E-state index >= 15 is 0 Å². The lowest BCUT2D eigenvalue weighted by atomic mass is 9.99. The third-order valence-electron chi connectivity index (χ3n) is 5.08. The predicted molar refractivity (Wildman–Crippen MR) is 108 cm³/mol. The van der Waals surface area contributed by atoms with E-state index in [0.717, 1.165) is 43.1 Å². The molecule has 1 heterocycles. The molecule has 0 atom stereocenters. The van der Waals surface area contributed by atoms with E-state index in [2.05, 4.69) is 53.4 Å². The first-order chi connectivity index (χ1) is 13.3. The largest absolute Gasteiger partial charge is 0.493 e. The summed E-state index contributed by atoms with van der Waals surface area (Å²) in [5.74, 6) is 1.58.